The number of unbranched alkanes of at least 4 members (excludes halogenated alkanes) is 23. The molecular formula is C35H70N2. The van der Waals surface area contributed by atoms with Gasteiger partial charge in [-0.15, -0.1) is 0 Å². The molecule has 2 heteroatoms. The van der Waals surface area contributed by atoms with Gasteiger partial charge in [-0.25, -0.2) is 0 Å². The fraction of sp³-hybridized carbons (Fsp3) is 0.943. The van der Waals surface area contributed by atoms with Crippen LogP contribution in [0.2, 0.25) is 0 Å². The monoisotopic (exact) mass is 519 g/mol. The van der Waals surface area contributed by atoms with E-state index >= 15 is 0 Å². The molecular weight excluding hydrogens is 448 g/mol. The van der Waals surface area contributed by atoms with Crippen LogP contribution in [0.5, 0.6) is 0 Å². The van der Waals surface area contributed by atoms with Crippen LogP contribution in [0, 0.1) is 0 Å². The van der Waals surface area contributed by atoms with Gasteiger partial charge in [0.1, 0.15) is 6.17 Å². The third-order valence-electron chi connectivity index (χ3n) is 8.57. The molecule has 0 fully saturated rings. The summed E-state index contributed by atoms with van der Waals surface area (Å²) >= 11 is 0. The van der Waals surface area contributed by atoms with Gasteiger partial charge in [0.05, 0.1) is 0 Å². The Kier molecular flexibility index (Phi) is 25.0. The van der Waals surface area contributed by atoms with Crippen LogP contribution >= 0.6 is 0 Å². The molecule has 0 aromatic heterocycles. The maximum absolute atomic E-state index is 2.68. The molecule has 1 unspecified atom stereocenters. The van der Waals surface area contributed by atoms with Gasteiger partial charge in [0.2, 0.25) is 0 Å². The van der Waals surface area contributed by atoms with Crippen molar-refractivity contribution in [3.63, 3.8) is 0 Å². The highest BCUT2D eigenvalue weighted by molar-refractivity contribution is 4.97. The standard InChI is InChI=1S/C35H70N2/c1-4-7-10-12-14-15-16-17-18-19-20-21-22-23-24-26-29-32-37-34-33-36(35(37)30-27-9-6-3)31-28-25-13-11-8-5-2/h33-35H,4-32H2,1-3H3. The lowest BCUT2D eigenvalue weighted by molar-refractivity contribution is 0.135. The summed E-state index contributed by atoms with van der Waals surface area (Å²) < 4.78 is 0. The van der Waals surface area contributed by atoms with E-state index in [1.54, 1.807) is 0 Å². The second kappa shape index (κ2) is 26.9. The average Bonchev–Trinajstić information content (AvgIpc) is 3.29. The van der Waals surface area contributed by atoms with E-state index in [9.17, 15) is 0 Å². The van der Waals surface area contributed by atoms with Crippen LogP contribution in [-0.4, -0.2) is 29.1 Å². The zero-order valence-electron chi connectivity index (χ0n) is 26.1. The van der Waals surface area contributed by atoms with Crippen molar-refractivity contribution in [2.24, 2.45) is 0 Å². The summed E-state index contributed by atoms with van der Waals surface area (Å²) in [6, 6.07) is 0. The van der Waals surface area contributed by atoms with Crippen molar-refractivity contribution in [3.05, 3.63) is 12.4 Å². The molecule has 1 aliphatic rings. The van der Waals surface area contributed by atoms with Gasteiger partial charge < -0.3 is 9.80 Å². The summed E-state index contributed by atoms with van der Waals surface area (Å²) in [7, 11) is 0. The first-order valence-corrected chi connectivity index (χ1v) is 17.5. The quantitative estimate of drug-likeness (QED) is 0.0908. The van der Waals surface area contributed by atoms with Crippen molar-refractivity contribution in [1.82, 2.24) is 9.80 Å². The fourth-order valence-electron chi connectivity index (χ4n) is 6.01. The summed E-state index contributed by atoms with van der Waals surface area (Å²) in [6.07, 6.45) is 44.0. The van der Waals surface area contributed by atoms with Crippen molar-refractivity contribution in [3.8, 4) is 0 Å². The largest absolute Gasteiger partial charge is 0.356 e. The molecule has 0 bridgehead atoms. The van der Waals surface area contributed by atoms with Gasteiger partial charge in [-0.2, -0.15) is 0 Å². The highest BCUT2D eigenvalue weighted by Gasteiger charge is 2.24. The van der Waals surface area contributed by atoms with Crippen LogP contribution in [0.3, 0.4) is 0 Å². The van der Waals surface area contributed by atoms with Crippen LogP contribution in [0.4, 0.5) is 0 Å². The SMILES string of the molecule is CCCCCCCCCCCCCCCCCCCN1C=CN(CCCCCCCC)C1CCCCC. The predicted molar refractivity (Wildman–Crippen MR) is 168 cm³/mol. The van der Waals surface area contributed by atoms with Crippen molar-refractivity contribution in [2.75, 3.05) is 13.1 Å². The van der Waals surface area contributed by atoms with Gasteiger partial charge >= 0.3 is 0 Å². The summed E-state index contributed by atoms with van der Waals surface area (Å²) in [4.78, 5) is 5.35. The summed E-state index contributed by atoms with van der Waals surface area (Å²) in [5.41, 5.74) is 0. The zero-order valence-corrected chi connectivity index (χ0v) is 26.1. The Bertz CT molecular complexity index is 474. The van der Waals surface area contributed by atoms with E-state index in [1.165, 1.54) is 186 Å². The molecule has 1 aliphatic heterocycles. The fourth-order valence-corrected chi connectivity index (χ4v) is 6.01. The lowest BCUT2D eigenvalue weighted by Gasteiger charge is -2.33. The Balaban J connectivity index is 2.00. The van der Waals surface area contributed by atoms with Crippen LogP contribution in [0.25, 0.3) is 0 Å². The third kappa shape index (κ3) is 20.0. The Morgan fingerprint density at radius 2 is 0.622 bits per heavy atom. The highest BCUT2D eigenvalue weighted by Crippen LogP contribution is 2.23. The van der Waals surface area contributed by atoms with Crippen molar-refractivity contribution in [2.45, 2.75) is 200 Å². The number of rotatable bonds is 29. The third-order valence-corrected chi connectivity index (χ3v) is 8.57. The second-order valence-corrected chi connectivity index (χ2v) is 12.2. The average molecular weight is 519 g/mol. The van der Waals surface area contributed by atoms with Crippen LogP contribution in [-0.2, 0) is 0 Å². The van der Waals surface area contributed by atoms with E-state index in [0.29, 0.717) is 6.17 Å². The maximum atomic E-state index is 2.68. The van der Waals surface area contributed by atoms with Crippen molar-refractivity contribution >= 4 is 0 Å². The highest BCUT2D eigenvalue weighted by atomic mass is 15.4. The Morgan fingerprint density at radius 1 is 0.351 bits per heavy atom. The maximum Gasteiger partial charge on any atom is 0.101 e. The molecule has 0 radical (unpaired) electrons. The molecule has 0 saturated heterocycles. The minimum atomic E-state index is 0.642. The first-order chi connectivity index (χ1) is 18.3. The molecule has 0 N–H and O–H groups in total. The smallest absolute Gasteiger partial charge is 0.101 e. The molecule has 0 amide bonds. The van der Waals surface area contributed by atoms with E-state index in [-0.39, 0.29) is 0 Å². The molecule has 1 heterocycles. The second-order valence-electron chi connectivity index (χ2n) is 12.2. The lowest BCUT2D eigenvalue weighted by Crippen LogP contribution is -2.39. The lowest BCUT2D eigenvalue weighted by atomic mass is 10.0. The summed E-state index contributed by atoms with van der Waals surface area (Å²) in [6.45, 7) is 9.47. The van der Waals surface area contributed by atoms with Gasteiger partial charge in [0, 0.05) is 25.5 Å². The summed E-state index contributed by atoms with van der Waals surface area (Å²) in [5.74, 6) is 0. The van der Waals surface area contributed by atoms with E-state index in [4.69, 9.17) is 0 Å². The molecule has 0 aromatic carbocycles. The minimum absolute atomic E-state index is 0.642. The van der Waals surface area contributed by atoms with E-state index < -0.39 is 0 Å². The Hall–Kier alpha value is -0.660. The first-order valence-electron chi connectivity index (χ1n) is 17.5. The number of hydrogen-bond donors (Lipinski definition) is 0. The molecule has 0 aliphatic carbocycles. The molecule has 0 saturated carbocycles. The molecule has 0 aromatic rings. The molecule has 1 atom stereocenters. The first kappa shape index (κ1) is 34.4. The molecule has 2 nitrogen and oxygen atoms in total. The Labute approximate surface area is 235 Å². The predicted octanol–water partition coefficient (Wildman–Crippen LogP) is 12.0. The summed E-state index contributed by atoms with van der Waals surface area (Å²) in [5, 5.41) is 0. The molecule has 1 rings (SSSR count). The van der Waals surface area contributed by atoms with Gasteiger partial charge in [0.25, 0.3) is 0 Å². The van der Waals surface area contributed by atoms with Gasteiger partial charge in [-0.3, -0.25) is 0 Å². The normalized spacial score (nSPS) is 15.4. The number of nitrogens with zero attached hydrogens (tertiary/aromatic N) is 2. The molecule has 0 spiro atoms. The van der Waals surface area contributed by atoms with Gasteiger partial charge in [-0.05, 0) is 25.7 Å². The van der Waals surface area contributed by atoms with Crippen molar-refractivity contribution in [1.29, 1.82) is 0 Å². The topological polar surface area (TPSA) is 6.48 Å². The van der Waals surface area contributed by atoms with E-state index in [1.807, 2.05) is 0 Å². The van der Waals surface area contributed by atoms with E-state index in [0.717, 1.165) is 0 Å². The van der Waals surface area contributed by atoms with Gasteiger partial charge in [0.15, 0.2) is 0 Å². The minimum Gasteiger partial charge on any atom is -0.356 e. The molecule has 220 valence electrons. The number of hydrogen-bond acceptors (Lipinski definition) is 2. The van der Waals surface area contributed by atoms with E-state index in [2.05, 4.69) is 43.0 Å². The van der Waals surface area contributed by atoms with Gasteiger partial charge in [-0.1, -0.05) is 168 Å². The molecule has 37 heavy (non-hydrogen) atoms. The van der Waals surface area contributed by atoms with Crippen LogP contribution in [0.1, 0.15) is 194 Å². The van der Waals surface area contributed by atoms with Crippen molar-refractivity contribution < 1.29 is 0 Å². The Morgan fingerprint density at radius 3 is 0.946 bits per heavy atom. The van der Waals surface area contributed by atoms with Crippen LogP contribution < -0.4 is 0 Å². The zero-order chi connectivity index (χ0) is 26.7. The van der Waals surface area contributed by atoms with Crippen LogP contribution in [0.15, 0.2) is 12.4 Å².